The zero-order chi connectivity index (χ0) is 17.8. The molecule has 13 heteroatoms. The van der Waals surface area contributed by atoms with Crippen LogP contribution in [0.25, 0.3) is 0 Å². The van der Waals surface area contributed by atoms with Crippen molar-refractivity contribution < 1.29 is 42.2 Å². The van der Waals surface area contributed by atoms with Gasteiger partial charge in [-0.05, 0) is 12.8 Å². The molecule has 0 bridgehead atoms. The molecule has 0 aromatic heterocycles. The van der Waals surface area contributed by atoms with Crippen LogP contribution in [0.5, 0.6) is 0 Å². The number of carboxylic acid groups (broad SMARTS) is 1. The van der Waals surface area contributed by atoms with Gasteiger partial charge in [0.1, 0.15) is 0 Å². The quantitative estimate of drug-likeness (QED) is 0.219. The normalized spacial score (nSPS) is 16.5. The largest absolute Gasteiger partial charge is 0.481 e. The lowest BCUT2D eigenvalue weighted by Crippen LogP contribution is -2.21. The fraction of sp³-hybridized carbons (Fsp3) is 0.900. The van der Waals surface area contributed by atoms with Crippen LogP contribution in [0.1, 0.15) is 32.1 Å². The Morgan fingerprint density at radius 2 is 1.48 bits per heavy atom. The fourth-order valence-corrected chi connectivity index (χ4v) is 3.59. The van der Waals surface area contributed by atoms with Gasteiger partial charge in [0, 0.05) is 13.1 Å². The molecule has 0 spiro atoms. The molecule has 0 aliphatic rings. The lowest BCUT2D eigenvalue weighted by molar-refractivity contribution is 0.155. The molecule has 0 aliphatic carbocycles. The number of amides is 1. The average Bonchev–Trinajstić information content (AvgIpc) is 2.42. The van der Waals surface area contributed by atoms with Gasteiger partial charge in [0.25, 0.3) is 0 Å². The summed E-state index contributed by atoms with van der Waals surface area (Å²) in [6.07, 6.45) is 2.36. The van der Waals surface area contributed by atoms with E-state index in [2.05, 4.69) is 18.7 Å². The van der Waals surface area contributed by atoms with Crippen LogP contribution < -0.4 is 11.1 Å². The highest BCUT2D eigenvalue weighted by atomic mass is 31.3. The number of nitrogens with two attached hydrogens (primary N) is 1. The summed E-state index contributed by atoms with van der Waals surface area (Å²) >= 11 is 0. The van der Waals surface area contributed by atoms with E-state index >= 15 is 0 Å². The smallest absolute Gasteiger partial charge is 0.465 e. The van der Waals surface area contributed by atoms with E-state index in [1.165, 1.54) is 0 Å². The molecule has 6 N–H and O–H groups in total. The first kappa shape index (κ1) is 22.5. The van der Waals surface area contributed by atoms with E-state index in [-0.39, 0.29) is 19.8 Å². The van der Waals surface area contributed by atoms with E-state index in [1.54, 1.807) is 0 Å². The van der Waals surface area contributed by atoms with E-state index in [4.69, 9.17) is 15.7 Å². The van der Waals surface area contributed by atoms with Gasteiger partial charge in [0.2, 0.25) is 0 Å². The van der Waals surface area contributed by atoms with Crippen molar-refractivity contribution >= 4 is 21.7 Å². The molecule has 0 saturated carbocycles. The Kier molecular flexibility index (Phi) is 11.7. The van der Waals surface area contributed by atoms with E-state index in [1.807, 2.05) is 0 Å². The number of carbonyl (C=O) groups is 1. The van der Waals surface area contributed by atoms with Crippen molar-refractivity contribution in [3.8, 4) is 0 Å². The summed E-state index contributed by atoms with van der Waals surface area (Å²) in [5, 5.41) is 10.6. The Morgan fingerprint density at radius 1 is 0.957 bits per heavy atom. The molecular weight excluding hydrogens is 354 g/mol. The summed E-state index contributed by atoms with van der Waals surface area (Å²) in [7, 11) is -9.37. The molecule has 2 unspecified atom stereocenters. The summed E-state index contributed by atoms with van der Waals surface area (Å²) in [4.78, 5) is 28.6. The molecule has 0 heterocycles. The summed E-state index contributed by atoms with van der Waals surface area (Å²) in [5.74, 6) is 0. The SMILES string of the molecule is NCCOP(=O)(O)OP(=O)(O)OCCCCCCCNC(=O)O. The molecule has 0 aliphatic heterocycles. The van der Waals surface area contributed by atoms with Gasteiger partial charge in [-0.25, -0.2) is 13.9 Å². The number of phosphoric ester groups is 2. The lowest BCUT2D eigenvalue weighted by Gasteiger charge is -2.15. The van der Waals surface area contributed by atoms with E-state index in [0.717, 1.165) is 12.8 Å². The third-order valence-electron chi connectivity index (χ3n) is 2.43. The Bertz CT molecular complexity index is 435. The van der Waals surface area contributed by atoms with Crippen molar-refractivity contribution in [1.82, 2.24) is 5.32 Å². The molecule has 2 atom stereocenters. The predicted octanol–water partition coefficient (Wildman–Crippen LogP) is 1.41. The molecule has 0 aromatic carbocycles. The van der Waals surface area contributed by atoms with Crippen molar-refractivity contribution in [3.05, 3.63) is 0 Å². The minimum Gasteiger partial charge on any atom is -0.465 e. The third kappa shape index (κ3) is 14.8. The molecule has 1 amide bonds. The van der Waals surface area contributed by atoms with Gasteiger partial charge in [-0.15, -0.1) is 0 Å². The maximum Gasteiger partial charge on any atom is 0.481 e. The van der Waals surface area contributed by atoms with Gasteiger partial charge in [-0.2, -0.15) is 4.31 Å². The highest BCUT2D eigenvalue weighted by Gasteiger charge is 2.34. The van der Waals surface area contributed by atoms with E-state index in [9.17, 15) is 18.8 Å². The first-order valence-corrected chi connectivity index (χ1v) is 10.0. The second kappa shape index (κ2) is 11.9. The van der Waals surface area contributed by atoms with E-state index < -0.39 is 21.7 Å². The zero-order valence-corrected chi connectivity index (χ0v) is 14.4. The van der Waals surface area contributed by atoms with Crippen molar-refractivity contribution in [3.63, 3.8) is 0 Å². The van der Waals surface area contributed by atoms with Gasteiger partial charge < -0.3 is 25.9 Å². The molecule has 0 aromatic rings. The fourth-order valence-electron chi connectivity index (χ4n) is 1.48. The maximum atomic E-state index is 11.4. The van der Waals surface area contributed by atoms with Crippen LogP contribution in [0.3, 0.4) is 0 Å². The Hall–Kier alpha value is -0.510. The van der Waals surface area contributed by atoms with Crippen molar-refractivity contribution in [2.75, 3.05) is 26.3 Å². The van der Waals surface area contributed by atoms with Crippen LogP contribution >= 0.6 is 15.6 Å². The summed E-state index contributed by atoms with van der Waals surface area (Å²) in [6, 6.07) is 0. The maximum absolute atomic E-state index is 11.4. The second-order valence-electron chi connectivity index (χ2n) is 4.47. The van der Waals surface area contributed by atoms with Gasteiger partial charge in [-0.3, -0.25) is 9.05 Å². The predicted molar refractivity (Wildman–Crippen MR) is 80.8 cm³/mol. The first-order valence-electron chi connectivity index (χ1n) is 7.01. The highest BCUT2D eigenvalue weighted by molar-refractivity contribution is 7.61. The molecule has 0 rings (SSSR count). The minimum absolute atomic E-state index is 0.0491. The van der Waals surface area contributed by atoms with Gasteiger partial charge in [0.15, 0.2) is 0 Å². The summed E-state index contributed by atoms with van der Waals surface area (Å²) in [6.45, 7) is -0.102. The van der Waals surface area contributed by atoms with Crippen LogP contribution in [0.15, 0.2) is 0 Å². The van der Waals surface area contributed by atoms with E-state index in [0.29, 0.717) is 25.8 Å². The van der Waals surface area contributed by atoms with Gasteiger partial charge in [0.05, 0.1) is 13.2 Å². The van der Waals surface area contributed by atoms with Gasteiger partial charge >= 0.3 is 21.7 Å². The Balaban J connectivity index is 3.72. The number of nitrogens with one attached hydrogen (secondary N) is 1. The number of unbranched alkanes of at least 4 members (excludes halogenated alkanes) is 4. The monoisotopic (exact) mass is 378 g/mol. The molecule has 0 saturated heterocycles. The highest BCUT2D eigenvalue weighted by Crippen LogP contribution is 2.60. The van der Waals surface area contributed by atoms with Crippen LogP contribution in [0, 0.1) is 0 Å². The van der Waals surface area contributed by atoms with Crippen molar-refractivity contribution in [2.24, 2.45) is 5.73 Å². The lowest BCUT2D eigenvalue weighted by atomic mass is 10.1. The molecule has 0 radical (unpaired) electrons. The Labute approximate surface area is 134 Å². The van der Waals surface area contributed by atoms with Crippen molar-refractivity contribution in [2.45, 2.75) is 32.1 Å². The summed E-state index contributed by atoms with van der Waals surface area (Å²) < 4.78 is 35.6. The van der Waals surface area contributed by atoms with Crippen LogP contribution in [0.4, 0.5) is 4.79 Å². The Morgan fingerprint density at radius 3 is 2.04 bits per heavy atom. The van der Waals surface area contributed by atoms with Gasteiger partial charge in [-0.1, -0.05) is 19.3 Å². The van der Waals surface area contributed by atoms with Crippen molar-refractivity contribution in [1.29, 1.82) is 0 Å². The van der Waals surface area contributed by atoms with Crippen LogP contribution in [-0.2, 0) is 22.5 Å². The molecule has 138 valence electrons. The standard InChI is InChI=1S/C10H24N2O9P2/c11-6-9-20-23(17,18)21-22(15,16)19-8-5-3-1-2-4-7-12-10(13)14/h12H,1-9,11H2,(H,13,14)(H,15,16)(H,17,18). The second-order valence-corrected chi connectivity index (χ2v) is 7.52. The molecular formula is C10H24N2O9P2. The molecule has 11 nitrogen and oxygen atoms in total. The number of phosphoric acid groups is 2. The number of rotatable bonds is 14. The zero-order valence-electron chi connectivity index (χ0n) is 12.6. The van der Waals surface area contributed by atoms with Crippen LogP contribution in [-0.4, -0.2) is 47.3 Å². The topological polar surface area (TPSA) is 178 Å². The third-order valence-corrected chi connectivity index (χ3v) is 5.10. The minimum atomic E-state index is -4.69. The number of hydrogen-bond donors (Lipinski definition) is 5. The number of hydrogen-bond acceptors (Lipinski definition) is 7. The molecule has 23 heavy (non-hydrogen) atoms. The average molecular weight is 378 g/mol. The van der Waals surface area contributed by atoms with Crippen LogP contribution in [0.2, 0.25) is 0 Å². The first-order chi connectivity index (χ1) is 10.7. The molecule has 0 fully saturated rings. The summed E-state index contributed by atoms with van der Waals surface area (Å²) in [5.41, 5.74) is 5.06.